The average molecular weight is 594 g/mol. The molecule has 222 valence electrons. The summed E-state index contributed by atoms with van der Waals surface area (Å²) in [5.41, 5.74) is 6.68. The standard InChI is InChI=1S/C38H31N3O4/c1-2-21-45-29-15-13-25(14-16-29)22-34-36(42)39-38(44)41(37(34)43)28-23-32-30(26-9-5-3-6-10-26)17-19-40-20-18-31(33(24-28)35(32)40)27-11-7-4-8-12-27/h1,3-16,22-24,30-31H,17-21H2,(H,39,42,44)/b34-22+/t30-,31-/m0/s1. The highest BCUT2D eigenvalue weighted by Crippen LogP contribution is 2.50. The van der Waals surface area contributed by atoms with Gasteiger partial charge in [0.05, 0.1) is 5.69 Å². The van der Waals surface area contributed by atoms with Gasteiger partial charge >= 0.3 is 6.03 Å². The molecule has 45 heavy (non-hydrogen) atoms. The van der Waals surface area contributed by atoms with Gasteiger partial charge in [0.25, 0.3) is 11.8 Å². The number of amides is 4. The first-order valence-electron chi connectivity index (χ1n) is 15.1. The van der Waals surface area contributed by atoms with Gasteiger partial charge in [-0.15, -0.1) is 6.42 Å². The molecule has 4 aromatic rings. The first-order valence-corrected chi connectivity index (χ1v) is 15.1. The Balaban J connectivity index is 1.34. The van der Waals surface area contributed by atoms with Crippen LogP contribution in [-0.2, 0) is 9.59 Å². The number of ether oxygens (including phenoxy) is 1. The van der Waals surface area contributed by atoms with Crippen molar-refractivity contribution in [1.82, 2.24) is 5.32 Å². The second kappa shape index (κ2) is 11.8. The number of nitrogens with one attached hydrogen (secondary N) is 1. The number of carbonyl (C=O) groups is 3. The number of benzene rings is 4. The Morgan fingerprint density at radius 2 is 1.40 bits per heavy atom. The average Bonchev–Trinajstić information content (AvgIpc) is 3.07. The number of urea groups is 1. The highest BCUT2D eigenvalue weighted by atomic mass is 16.5. The summed E-state index contributed by atoms with van der Waals surface area (Å²) in [6.45, 7) is 1.99. The predicted molar refractivity (Wildman–Crippen MR) is 174 cm³/mol. The van der Waals surface area contributed by atoms with Gasteiger partial charge in [0.15, 0.2) is 0 Å². The van der Waals surface area contributed by atoms with Crippen molar-refractivity contribution in [2.75, 3.05) is 29.5 Å². The van der Waals surface area contributed by atoms with E-state index in [1.807, 2.05) is 48.5 Å². The Labute approximate surface area is 262 Å². The van der Waals surface area contributed by atoms with Gasteiger partial charge in [-0.25, -0.2) is 9.69 Å². The van der Waals surface area contributed by atoms with Crippen LogP contribution in [0.1, 0.15) is 52.5 Å². The molecule has 0 radical (unpaired) electrons. The summed E-state index contributed by atoms with van der Waals surface area (Å²) in [4.78, 5) is 44.0. The zero-order valence-corrected chi connectivity index (χ0v) is 24.6. The fraction of sp³-hybridized carbons (Fsp3) is 0.184. The molecule has 1 saturated heterocycles. The maximum absolute atomic E-state index is 14.0. The Morgan fingerprint density at radius 3 is 1.96 bits per heavy atom. The van der Waals surface area contributed by atoms with E-state index < -0.39 is 17.8 Å². The molecule has 0 aliphatic carbocycles. The zero-order valence-electron chi connectivity index (χ0n) is 24.6. The van der Waals surface area contributed by atoms with Crippen molar-refractivity contribution in [3.05, 3.63) is 130 Å². The van der Waals surface area contributed by atoms with Crippen LogP contribution in [0.4, 0.5) is 16.2 Å². The van der Waals surface area contributed by atoms with Crippen LogP contribution in [0.25, 0.3) is 6.08 Å². The van der Waals surface area contributed by atoms with Crippen LogP contribution in [0.3, 0.4) is 0 Å². The molecule has 3 aliphatic heterocycles. The van der Waals surface area contributed by atoms with E-state index in [4.69, 9.17) is 11.2 Å². The number of hydrogen-bond acceptors (Lipinski definition) is 5. The van der Waals surface area contributed by atoms with Gasteiger partial charge in [-0.3, -0.25) is 14.9 Å². The molecule has 2 atom stereocenters. The number of carbonyl (C=O) groups excluding carboxylic acids is 3. The SMILES string of the molecule is C#CCOc1ccc(/C=C2\C(=O)NC(=O)N(c3cc4c5c(c3)[C@H](c3ccccc3)CCN5CC[C@H]4c3ccccc3)C2=O)cc1. The third kappa shape index (κ3) is 5.25. The lowest BCUT2D eigenvalue weighted by atomic mass is 9.76. The monoisotopic (exact) mass is 593 g/mol. The van der Waals surface area contributed by atoms with Crippen molar-refractivity contribution < 1.29 is 19.1 Å². The first kappa shape index (κ1) is 28.2. The molecule has 1 fully saturated rings. The largest absolute Gasteiger partial charge is 0.481 e. The van der Waals surface area contributed by atoms with E-state index in [1.165, 1.54) is 22.9 Å². The summed E-state index contributed by atoms with van der Waals surface area (Å²) in [6.07, 6.45) is 8.60. The maximum Gasteiger partial charge on any atom is 0.335 e. The number of nitrogens with zero attached hydrogens (tertiary/aromatic N) is 2. The van der Waals surface area contributed by atoms with E-state index in [0.29, 0.717) is 17.0 Å². The molecule has 0 unspecified atom stereocenters. The number of barbiturate groups is 1. The molecule has 0 saturated carbocycles. The Hall–Kier alpha value is -5.61. The van der Waals surface area contributed by atoms with Crippen LogP contribution >= 0.6 is 0 Å². The fourth-order valence-electron chi connectivity index (χ4n) is 6.81. The molecule has 0 aromatic heterocycles. The van der Waals surface area contributed by atoms with Crippen LogP contribution in [-0.4, -0.2) is 37.5 Å². The molecule has 0 bridgehead atoms. The quantitative estimate of drug-likeness (QED) is 0.163. The molecule has 0 spiro atoms. The zero-order chi connectivity index (χ0) is 30.9. The topological polar surface area (TPSA) is 79.0 Å². The fourth-order valence-corrected chi connectivity index (χ4v) is 6.81. The molecule has 7 heteroatoms. The second-order valence-corrected chi connectivity index (χ2v) is 11.5. The van der Waals surface area contributed by atoms with Gasteiger partial charge in [0, 0.05) is 30.6 Å². The van der Waals surface area contributed by atoms with E-state index in [2.05, 4.69) is 40.4 Å². The molecule has 4 aromatic carbocycles. The molecule has 3 aliphatic rings. The van der Waals surface area contributed by atoms with Crippen LogP contribution in [0.2, 0.25) is 0 Å². The lowest BCUT2D eigenvalue weighted by Crippen LogP contribution is -2.54. The third-order valence-electron chi connectivity index (χ3n) is 8.87. The van der Waals surface area contributed by atoms with Gasteiger partial charge in [0.1, 0.15) is 17.9 Å². The van der Waals surface area contributed by atoms with Gasteiger partial charge in [-0.1, -0.05) is 78.7 Å². The number of terminal acetylenes is 1. The van der Waals surface area contributed by atoms with E-state index in [1.54, 1.807) is 24.3 Å². The van der Waals surface area contributed by atoms with E-state index >= 15 is 0 Å². The minimum atomic E-state index is -0.761. The van der Waals surface area contributed by atoms with Crippen LogP contribution in [0.15, 0.2) is 103 Å². The molecule has 1 N–H and O–H groups in total. The summed E-state index contributed by atoms with van der Waals surface area (Å²) >= 11 is 0. The summed E-state index contributed by atoms with van der Waals surface area (Å²) in [6, 6.07) is 30.8. The summed E-state index contributed by atoms with van der Waals surface area (Å²) < 4.78 is 5.43. The van der Waals surface area contributed by atoms with Gasteiger partial charge < -0.3 is 9.64 Å². The smallest absolute Gasteiger partial charge is 0.335 e. The molecule has 4 amide bonds. The van der Waals surface area contributed by atoms with Crippen molar-refractivity contribution >= 4 is 35.3 Å². The molecule has 7 rings (SSSR count). The number of rotatable bonds is 6. The van der Waals surface area contributed by atoms with Gasteiger partial charge in [0.2, 0.25) is 0 Å². The van der Waals surface area contributed by atoms with Gasteiger partial charge in [-0.05, 0) is 71.0 Å². The molecule has 3 heterocycles. The van der Waals surface area contributed by atoms with E-state index in [-0.39, 0.29) is 24.0 Å². The first-order chi connectivity index (χ1) is 22.0. The minimum Gasteiger partial charge on any atom is -0.481 e. The summed E-state index contributed by atoms with van der Waals surface area (Å²) in [7, 11) is 0. The van der Waals surface area contributed by atoms with Crippen LogP contribution in [0.5, 0.6) is 5.75 Å². The highest BCUT2D eigenvalue weighted by molar-refractivity contribution is 6.39. The summed E-state index contributed by atoms with van der Waals surface area (Å²) in [5.74, 6) is 1.79. The Morgan fingerprint density at radius 1 is 0.822 bits per heavy atom. The highest BCUT2D eigenvalue weighted by Gasteiger charge is 2.40. The normalized spacial score (nSPS) is 20.0. The molecular weight excluding hydrogens is 562 g/mol. The Kier molecular flexibility index (Phi) is 7.40. The van der Waals surface area contributed by atoms with Gasteiger partial charge in [-0.2, -0.15) is 0 Å². The second-order valence-electron chi connectivity index (χ2n) is 11.5. The van der Waals surface area contributed by atoms with Crippen molar-refractivity contribution in [3.8, 4) is 18.1 Å². The Bertz CT molecular complexity index is 1790. The number of hydrogen-bond donors (Lipinski definition) is 1. The molecule has 7 nitrogen and oxygen atoms in total. The number of anilines is 2. The van der Waals surface area contributed by atoms with Crippen molar-refractivity contribution in [3.63, 3.8) is 0 Å². The van der Waals surface area contributed by atoms with E-state index in [9.17, 15) is 14.4 Å². The lowest BCUT2D eigenvalue weighted by molar-refractivity contribution is -0.122. The van der Waals surface area contributed by atoms with Crippen molar-refractivity contribution in [2.45, 2.75) is 24.7 Å². The minimum absolute atomic E-state index is 0.0977. The van der Waals surface area contributed by atoms with Crippen molar-refractivity contribution in [1.29, 1.82) is 0 Å². The summed E-state index contributed by atoms with van der Waals surface area (Å²) in [5, 5.41) is 2.40. The van der Waals surface area contributed by atoms with Crippen LogP contribution in [0, 0.1) is 12.3 Å². The van der Waals surface area contributed by atoms with Crippen molar-refractivity contribution in [2.24, 2.45) is 0 Å². The third-order valence-corrected chi connectivity index (χ3v) is 8.87. The van der Waals surface area contributed by atoms with E-state index in [0.717, 1.165) is 42.0 Å². The number of imide groups is 2. The van der Waals surface area contributed by atoms with Crippen LogP contribution < -0.4 is 19.9 Å². The maximum atomic E-state index is 14.0. The lowest BCUT2D eigenvalue weighted by Gasteiger charge is -2.44. The predicted octanol–water partition coefficient (Wildman–Crippen LogP) is 6.24. The molecular formula is C38H31N3O4.